The molecule has 1 aromatic heterocycles. The van der Waals surface area contributed by atoms with Crippen molar-refractivity contribution in [2.45, 2.75) is 13.1 Å². The smallest absolute Gasteiger partial charge is 0.449 e. The van der Waals surface area contributed by atoms with Crippen LogP contribution >= 0.6 is 0 Å². The molecule has 0 bridgehead atoms. The Hall–Kier alpha value is -4.40. The molecule has 4 rings (SSSR count). The van der Waals surface area contributed by atoms with Gasteiger partial charge in [-0.15, -0.1) is 0 Å². The molecule has 3 aromatic carbocycles. The minimum Gasteiger partial charge on any atom is -0.449 e. The third-order valence-corrected chi connectivity index (χ3v) is 4.82. The summed E-state index contributed by atoms with van der Waals surface area (Å²) in [5.41, 5.74) is -0.0862. The number of carbonyl (C=O) groups excluding carboxylic acids is 1. The number of hydrogen-bond acceptors (Lipinski definition) is 5. The number of benzene rings is 3. The third kappa shape index (κ3) is 5.57. The number of rotatable bonds is 5. The Balaban J connectivity index is 1.65. The molecule has 178 valence electrons. The van der Waals surface area contributed by atoms with Gasteiger partial charge in [0, 0.05) is 12.1 Å². The number of halogens is 4. The number of ether oxygens (including phenoxy) is 2. The van der Waals surface area contributed by atoms with Gasteiger partial charge < -0.3 is 13.9 Å². The summed E-state index contributed by atoms with van der Waals surface area (Å²) in [7, 11) is 0. The fraction of sp³-hybridized carbons (Fsp3) is 0.0769. The molecule has 0 amide bonds. The number of fused-ring (bicyclic) bond motifs is 1. The monoisotopic (exact) mass is 484 g/mol. The van der Waals surface area contributed by atoms with Gasteiger partial charge in [0.2, 0.25) is 11.2 Å². The molecule has 0 aliphatic heterocycles. The van der Waals surface area contributed by atoms with Gasteiger partial charge in [-0.3, -0.25) is 4.79 Å². The van der Waals surface area contributed by atoms with E-state index in [4.69, 9.17) is 13.9 Å². The first kappa shape index (κ1) is 23.7. The predicted octanol–water partition coefficient (Wildman–Crippen LogP) is 6.67. The van der Waals surface area contributed by atoms with Gasteiger partial charge in [-0.1, -0.05) is 29.8 Å². The molecule has 0 N–H and O–H groups in total. The van der Waals surface area contributed by atoms with E-state index in [1.54, 1.807) is 19.1 Å². The average Bonchev–Trinajstić information content (AvgIpc) is 2.81. The quantitative estimate of drug-likeness (QED) is 0.137. The van der Waals surface area contributed by atoms with Crippen LogP contribution in [0.1, 0.15) is 16.9 Å². The van der Waals surface area contributed by atoms with Crippen molar-refractivity contribution in [3.8, 4) is 17.2 Å². The molecule has 5 nitrogen and oxygen atoms in total. The number of hydrogen-bond donors (Lipinski definition) is 0. The molecule has 35 heavy (non-hydrogen) atoms. The maximum absolute atomic E-state index is 13.7. The van der Waals surface area contributed by atoms with E-state index < -0.39 is 40.5 Å². The molecule has 0 radical (unpaired) electrons. The second-order valence-electron chi connectivity index (χ2n) is 7.47. The zero-order chi connectivity index (χ0) is 25.2. The van der Waals surface area contributed by atoms with Crippen LogP contribution in [0.15, 0.2) is 82.0 Å². The molecule has 0 saturated carbocycles. The van der Waals surface area contributed by atoms with Crippen molar-refractivity contribution < 1.29 is 36.2 Å². The highest BCUT2D eigenvalue weighted by atomic mass is 19.4. The first-order valence-corrected chi connectivity index (χ1v) is 10.2. The van der Waals surface area contributed by atoms with Gasteiger partial charge >= 0.3 is 12.1 Å². The molecule has 0 unspecified atom stereocenters. The molecule has 4 aromatic rings. The number of carbonyl (C=O) groups is 1. The van der Waals surface area contributed by atoms with E-state index in [-0.39, 0.29) is 16.9 Å². The molecule has 0 spiro atoms. The average molecular weight is 484 g/mol. The minimum absolute atomic E-state index is 0.0336. The number of aryl methyl sites for hydroxylation is 1. The summed E-state index contributed by atoms with van der Waals surface area (Å²) in [4.78, 5) is 24.9. The molecule has 0 fully saturated rings. The zero-order valence-electron chi connectivity index (χ0n) is 18.1. The molecule has 9 heteroatoms. The standard InChI is InChI=1S/C26H16F4O5/c1-15-2-9-18(10-3-15)34-24-23(32)20-12-11-19(14-21(20)35-25(24)26(28,29)30)33-22(31)13-6-16-4-7-17(27)8-5-16/h2-14H,1H3/b13-6+. The first-order valence-electron chi connectivity index (χ1n) is 10.2. The summed E-state index contributed by atoms with van der Waals surface area (Å²) < 4.78 is 69.4. The molecule has 1 heterocycles. The Labute approximate surface area is 195 Å². The Morgan fingerprint density at radius 2 is 1.60 bits per heavy atom. The Morgan fingerprint density at radius 1 is 0.943 bits per heavy atom. The molecular formula is C26H16F4O5. The van der Waals surface area contributed by atoms with Gasteiger partial charge in [0.1, 0.15) is 22.9 Å². The summed E-state index contributed by atoms with van der Waals surface area (Å²) in [6.45, 7) is 1.79. The van der Waals surface area contributed by atoms with E-state index in [0.29, 0.717) is 5.56 Å². The lowest BCUT2D eigenvalue weighted by Crippen LogP contribution is -2.15. The summed E-state index contributed by atoms with van der Waals surface area (Å²) >= 11 is 0. The second-order valence-corrected chi connectivity index (χ2v) is 7.47. The van der Waals surface area contributed by atoms with Crippen LogP contribution < -0.4 is 14.9 Å². The van der Waals surface area contributed by atoms with Crippen LogP contribution in [0.4, 0.5) is 17.6 Å². The van der Waals surface area contributed by atoms with E-state index in [1.807, 2.05) is 0 Å². The van der Waals surface area contributed by atoms with Crippen molar-refractivity contribution in [3.05, 3.63) is 106 Å². The normalized spacial score (nSPS) is 11.7. The summed E-state index contributed by atoms with van der Waals surface area (Å²) in [6.07, 6.45) is -2.59. The van der Waals surface area contributed by atoms with Crippen LogP contribution in [0.25, 0.3) is 17.0 Å². The van der Waals surface area contributed by atoms with Gasteiger partial charge in [-0.25, -0.2) is 9.18 Å². The Kier molecular flexibility index (Phi) is 6.42. The lowest BCUT2D eigenvalue weighted by molar-refractivity contribution is -0.154. The minimum atomic E-state index is -5.03. The highest BCUT2D eigenvalue weighted by molar-refractivity contribution is 5.89. The van der Waals surface area contributed by atoms with Gasteiger partial charge in [0.05, 0.1) is 5.39 Å². The maximum atomic E-state index is 13.7. The SMILES string of the molecule is Cc1ccc(Oc2c(C(F)(F)F)oc3cc(OC(=O)/C=C/c4ccc(F)cc4)ccc3c2=O)cc1. The fourth-order valence-corrected chi connectivity index (χ4v) is 3.11. The van der Waals surface area contributed by atoms with Crippen LogP contribution in [0.5, 0.6) is 17.2 Å². The third-order valence-electron chi connectivity index (χ3n) is 4.82. The maximum Gasteiger partial charge on any atom is 0.453 e. The largest absolute Gasteiger partial charge is 0.453 e. The summed E-state index contributed by atoms with van der Waals surface area (Å²) in [5.74, 6) is -4.00. The van der Waals surface area contributed by atoms with Crippen molar-refractivity contribution in [1.82, 2.24) is 0 Å². The van der Waals surface area contributed by atoms with E-state index >= 15 is 0 Å². The van der Waals surface area contributed by atoms with Crippen molar-refractivity contribution in [2.75, 3.05) is 0 Å². The topological polar surface area (TPSA) is 65.7 Å². The van der Waals surface area contributed by atoms with Gasteiger partial charge in [0.25, 0.3) is 5.76 Å². The predicted molar refractivity (Wildman–Crippen MR) is 120 cm³/mol. The van der Waals surface area contributed by atoms with Gasteiger partial charge in [-0.2, -0.15) is 13.2 Å². The van der Waals surface area contributed by atoms with Crippen molar-refractivity contribution in [3.63, 3.8) is 0 Å². The molecule has 0 aliphatic rings. The first-order chi connectivity index (χ1) is 16.6. The van der Waals surface area contributed by atoms with E-state index in [1.165, 1.54) is 54.6 Å². The number of esters is 1. The highest BCUT2D eigenvalue weighted by Gasteiger charge is 2.40. The highest BCUT2D eigenvalue weighted by Crippen LogP contribution is 2.38. The lowest BCUT2D eigenvalue weighted by atomic mass is 10.2. The van der Waals surface area contributed by atoms with Crippen LogP contribution in [0, 0.1) is 12.7 Å². The van der Waals surface area contributed by atoms with Crippen LogP contribution in [0.3, 0.4) is 0 Å². The fourth-order valence-electron chi connectivity index (χ4n) is 3.11. The Morgan fingerprint density at radius 3 is 2.26 bits per heavy atom. The molecule has 0 saturated heterocycles. The van der Waals surface area contributed by atoms with Gasteiger partial charge in [-0.05, 0) is 55.0 Å². The molecule has 0 aliphatic carbocycles. The van der Waals surface area contributed by atoms with E-state index in [9.17, 15) is 27.2 Å². The second kappa shape index (κ2) is 9.46. The van der Waals surface area contributed by atoms with Crippen LogP contribution in [-0.2, 0) is 11.0 Å². The van der Waals surface area contributed by atoms with Crippen molar-refractivity contribution in [2.24, 2.45) is 0 Å². The summed E-state index contributed by atoms with van der Waals surface area (Å²) in [5, 5.41) is -0.193. The number of alkyl halides is 3. The molecular weight excluding hydrogens is 468 g/mol. The zero-order valence-corrected chi connectivity index (χ0v) is 18.1. The van der Waals surface area contributed by atoms with Crippen molar-refractivity contribution in [1.29, 1.82) is 0 Å². The van der Waals surface area contributed by atoms with Crippen LogP contribution in [0.2, 0.25) is 0 Å². The molecule has 0 atom stereocenters. The van der Waals surface area contributed by atoms with E-state index in [0.717, 1.165) is 17.7 Å². The van der Waals surface area contributed by atoms with Gasteiger partial charge in [0.15, 0.2) is 0 Å². The van der Waals surface area contributed by atoms with Crippen molar-refractivity contribution >= 4 is 23.0 Å². The lowest BCUT2D eigenvalue weighted by Gasteiger charge is -2.13. The van der Waals surface area contributed by atoms with Crippen LogP contribution in [-0.4, -0.2) is 5.97 Å². The van der Waals surface area contributed by atoms with E-state index in [2.05, 4.69) is 0 Å². The summed E-state index contributed by atoms with van der Waals surface area (Å²) in [6, 6.07) is 14.8. The Bertz CT molecular complexity index is 1470.